The quantitative estimate of drug-likeness (QED) is 0.145. The Morgan fingerprint density at radius 2 is 1.66 bits per heavy atom. The maximum Gasteiger partial charge on any atom is 0.249 e. The van der Waals surface area contributed by atoms with Crippen LogP contribution in [0.3, 0.4) is 0 Å². The van der Waals surface area contributed by atoms with Gasteiger partial charge in [0.05, 0.1) is 29.8 Å². The molecule has 5 aromatic rings. The first-order chi connectivity index (χ1) is 27.2. The van der Waals surface area contributed by atoms with Gasteiger partial charge in [0.1, 0.15) is 17.4 Å². The fourth-order valence-electron chi connectivity index (χ4n) is 8.12. The Balaban J connectivity index is 0.770. The average molecular weight is 775 g/mol. The maximum atomic E-state index is 12.8. The highest BCUT2D eigenvalue weighted by Crippen LogP contribution is 2.52. The minimum atomic E-state index is -0.568. The van der Waals surface area contributed by atoms with Gasteiger partial charge in [0.2, 0.25) is 17.7 Å². The Hall–Kier alpha value is -5.54. The van der Waals surface area contributed by atoms with Gasteiger partial charge in [-0.2, -0.15) is 5.10 Å². The normalized spacial score (nSPS) is 19.1. The number of aryl methyl sites for hydroxylation is 3. The number of benzene rings is 2. The van der Waals surface area contributed by atoms with E-state index in [2.05, 4.69) is 54.8 Å². The number of halogens is 1. The molecule has 0 bridgehead atoms. The predicted octanol–water partition coefficient (Wildman–Crippen LogP) is 4.23. The summed E-state index contributed by atoms with van der Waals surface area (Å²) in [6.07, 6.45) is 12.6. The van der Waals surface area contributed by atoms with Crippen molar-refractivity contribution in [3.8, 4) is 16.8 Å². The lowest BCUT2D eigenvalue weighted by Crippen LogP contribution is -2.60. The van der Waals surface area contributed by atoms with Gasteiger partial charge in [-0.25, -0.2) is 0 Å². The monoisotopic (exact) mass is 774 g/mol. The van der Waals surface area contributed by atoms with Crippen LogP contribution >= 0.6 is 11.6 Å². The molecule has 3 aromatic heterocycles. The van der Waals surface area contributed by atoms with Gasteiger partial charge in [0.25, 0.3) is 0 Å². The third-order valence-corrected chi connectivity index (χ3v) is 11.5. The second kappa shape index (κ2) is 14.8. The largest absolute Gasteiger partial charge is 0.328 e. The van der Waals surface area contributed by atoms with E-state index in [0.29, 0.717) is 31.1 Å². The first-order valence-electron chi connectivity index (χ1n) is 19.4. The summed E-state index contributed by atoms with van der Waals surface area (Å²) in [4.78, 5) is 45.6. The molecule has 15 nitrogen and oxygen atoms in total. The highest BCUT2D eigenvalue weighted by Gasteiger charge is 2.51. The van der Waals surface area contributed by atoms with Crippen LogP contribution in [0.2, 0.25) is 5.02 Å². The highest BCUT2D eigenvalue weighted by atomic mass is 35.5. The summed E-state index contributed by atoms with van der Waals surface area (Å²) in [6, 6.07) is 13.9. The topological polar surface area (TPSA) is 161 Å². The maximum absolute atomic E-state index is 12.8. The molecule has 3 aliphatic heterocycles. The number of hydrogen-bond donors (Lipinski definition) is 1. The molecule has 3 amide bonds. The Kier molecular flexibility index (Phi) is 9.57. The summed E-state index contributed by atoms with van der Waals surface area (Å²) in [5.41, 5.74) is 6.60. The van der Waals surface area contributed by atoms with E-state index in [1.165, 1.54) is 0 Å². The number of carbonyl (C=O) groups is 3. The number of nitrogens with zero attached hydrogens (tertiary/aromatic N) is 11. The minimum absolute atomic E-state index is 0.106. The van der Waals surface area contributed by atoms with Crippen LogP contribution in [0.1, 0.15) is 79.8 Å². The van der Waals surface area contributed by atoms with Gasteiger partial charge in [-0.05, 0) is 68.9 Å². The van der Waals surface area contributed by atoms with E-state index in [9.17, 15) is 14.4 Å². The lowest BCUT2D eigenvalue weighted by molar-refractivity contribution is -0.149. The van der Waals surface area contributed by atoms with Crippen molar-refractivity contribution >= 4 is 35.0 Å². The highest BCUT2D eigenvalue weighted by molar-refractivity contribution is 6.30. The van der Waals surface area contributed by atoms with Crippen LogP contribution in [0.25, 0.3) is 16.8 Å². The van der Waals surface area contributed by atoms with E-state index in [-0.39, 0.29) is 36.2 Å². The number of fused-ring (bicyclic) bond motifs is 4. The number of rotatable bonds is 12. The zero-order chi connectivity index (χ0) is 38.4. The van der Waals surface area contributed by atoms with Crippen LogP contribution in [0.5, 0.6) is 0 Å². The molecule has 2 aromatic carbocycles. The number of amides is 3. The van der Waals surface area contributed by atoms with Crippen molar-refractivity contribution in [1.29, 1.82) is 0 Å². The van der Waals surface area contributed by atoms with E-state index < -0.39 is 6.04 Å². The summed E-state index contributed by atoms with van der Waals surface area (Å²) < 4.78 is 6.06. The average Bonchev–Trinajstić information content (AvgIpc) is 3.44. The molecule has 2 saturated heterocycles. The second-order valence-electron chi connectivity index (χ2n) is 15.3. The molecule has 288 valence electrons. The van der Waals surface area contributed by atoms with Gasteiger partial charge < -0.3 is 4.90 Å². The SMILES string of the molecule is Cc1nnc2n1-c1ccc(-c3cnn(CCCCCCn4cc(CN5CCN(C6CCC(=O)NC6=O)C(=O)C5)nn4)c3)cc1C(c1ccc(Cl)cc1)=NC21CC1. The lowest BCUT2D eigenvalue weighted by atomic mass is 9.96. The molecule has 1 saturated carbocycles. The Bertz CT molecular complexity index is 2340. The zero-order valence-electron chi connectivity index (χ0n) is 31.3. The van der Waals surface area contributed by atoms with Crippen molar-refractivity contribution < 1.29 is 14.4 Å². The van der Waals surface area contributed by atoms with Gasteiger partial charge in [-0.3, -0.25) is 43.5 Å². The van der Waals surface area contributed by atoms with Crippen molar-refractivity contribution in [3.05, 3.63) is 94.5 Å². The molecule has 1 unspecified atom stereocenters. The first kappa shape index (κ1) is 36.1. The molecule has 0 radical (unpaired) electrons. The number of unbranched alkanes of at least 4 members (excludes halogenated alkanes) is 3. The van der Waals surface area contributed by atoms with Gasteiger partial charge in [-0.15, -0.1) is 15.3 Å². The standard InChI is InChI=1S/C40H43ClN12O3/c1-26-45-47-39-40(14-15-40)44-37(27-6-9-30(41)10-7-27)32-20-28(8-11-33(32)53(26)39)29-21-42-50(22-29)16-4-2-3-5-17-51-24-31(46-48-51)23-49-18-19-52(36(55)25-49)34-12-13-35(54)43-38(34)56/h6-11,20-22,24,34H,2-5,12-19,23,25H2,1H3,(H,43,54,56). The van der Waals surface area contributed by atoms with Crippen molar-refractivity contribution in [2.45, 2.75) is 89.5 Å². The van der Waals surface area contributed by atoms with E-state index in [1.54, 1.807) is 4.90 Å². The summed E-state index contributed by atoms with van der Waals surface area (Å²) in [7, 11) is 0. The molecule has 16 heteroatoms. The van der Waals surface area contributed by atoms with Crippen molar-refractivity contribution in [1.82, 2.24) is 54.7 Å². The lowest BCUT2D eigenvalue weighted by Gasteiger charge is -2.39. The van der Waals surface area contributed by atoms with E-state index >= 15 is 0 Å². The fourth-order valence-corrected chi connectivity index (χ4v) is 8.25. The molecule has 1 atom stereocenters. The molecule has 1 spiro atoms. The molecular weight excluding hydrogens is 732 g/mol. The fraction of sp³-hybridized carbons (Fsp3) is 0.425. The van der Waals surface area contributed by atoms with Crippen LogP contribution in [-0.4, -0.2) is 98.4 Å². The molecule has 6 heterocycles. The van der Waals surface area contributed by atoms with Gasteiger partial charge >= 0.3 is 0 Å². The molecule has 56 heavy (non-hydrogen) atoms. The number of piperazine rings is 1. The van der Waals surface area contributed by atoms with E-state index in [4.69, 9.17) is 21.7 Å². The van der Waals surface area contributed by atoms with Crippen molar-refractivity contribution in [3.63, 3.8) is 0 Å². The first-order valence-corrected chi connectivity index (χ1v) is 19.8. The number of carbonyl (C=O) groups excluding carboxylic acids is 3. The number of imide groups is 1. The van der Waals surface area contributed by atoms with Crippen molar-refractivity contribution in [2.75, 3.05) is 19.6 Å². The van der Waals surface area contributed by atoms with Crippen LogP contribution in [-0.2, 0) is 39.6 Å². The Morgan fingerprint density at radius 3 is 2.43 bits per heavy atom. The van der Waals surface area contributed by atoms with Crippen LogP contribution in [0, 0.1) is 6.92 Å². The summed E-state index contributed by atoms with van der Waals surface area (Å²) in [6.45, 7) is 5.41. The second-order valence-corrected chi connectivity index (χ2v) is 15.7. The third kappa shape index (κ3) is 7.16. The van der Waals surface area contributed by atoms with Crippen LogP contribution in [0.15, 0.2) is 66.0 Å². The number of nitrogens with one attached hydrogen (secondary N) is 1. The molecule has 3 fully saturated rings. The Morgan fingerprint density at radius 1 is 0.875 bits per heavy atom. The minimum Gasteiger partial charge on any atom is -0.328 e. The zero-order valence-corrected chi connectivity index (χ0v) is 32.0. The number of piperidine rings is 1. The van der Waals surface area contributed by atoms with Crippen LogP contribution < -0.4 is 5.32 Å². The summed E-state index contributed by atoms with van der Waals surface area (Å²) >= 11 is 6.28. The Labute approximate surface area is 328 Å². The summed E-state index contributed by atoms with van der Waals surface area (Å²) in [5.74, 6) is 0.986. The van der Waals surface area contributed by atoms with Gasteiger partial charge in [-0.1, -0.05) is 47.9 Å². The van der Waals surface area contributed by atoms with Crippen molar-refractivity contribution in [2.24, 2.45) is 4.99 Å². The molecule has 9 rings (SSSR count). The molecule has 1 aliphatic carbocycles. The molecule has 4 aliphatic rings. The number of hydrogen-bond acceptors (Lipinski definition) is 10. The smallest absolute Gasteiger partial charge is 0.249 e. The number of aromatic nitrogens is 8. The van der Waals surface area contributed by atoms with Gasteiger partial charge in [0.15, 0.2) is 5.82 Å². The number of aliphatic imine (C=N–C) groups is 1. The predicted molar refractivity (Wildman–Crippen MR) is 207 cm³/mol. The van der Waals surface area contributed by atoms with Gasteiger partial charge in [0, 0.05) is 73.3 Å². The summed E-state index contributed by atoms with van der Waals surface area (Å²) in [5, 5.41) is 25.4. The third-order valence-electron chi connectivity index (χ3n) is 11.3. The molecule has 1 N–H and O–H groups in total. The molecular formula is C40H43ClN12O3. The van der Waals surface area contributed by atoms with E-state index in [0.717, 1.165) is 103 Å². The van der Waals surface area contributed by atoms with E-state index in [1.807, 2.05) is 57.8 Å². The van der Waals surface area contributed by atoms with Crippen LogP contribution in [0.4, 0.5) is 0 Å².